The van der Waals surface area contributed by atoms with Gasteiger partial charge in [-0.15, -0.1) is 0 Å². The van der Waals surface area contributed by atoms with Gasteiger partial charge >= 0.3 is 0 Å². The smallest absolute Gasteiger partial charge is 0.224 e. The van der Waals surface area contributed by atoms with Crippen LogP contribution in [0, 0.1) is 5.82 Å². The van der Waals surface area contributed by atoms with Gasteiger partial charge in [-0.05, 0) is 69.1 Å². The first-order valence-corrected chi connectivity index (χ1v) is 10.9. The fraction of sp³-hybridized carbons (Fsp3) is 0.435. The van der Waals surface area contributed by atoms with E-state index in [1.54, 1.807) is 18.3 Å². The van der Waals surface area contributed by atoms with E-state index in [2.05, 4.69) is 21.8 Å². The molecule has 0 unspecified atom stereocenters. The van der Waals surface area contributed by atoms with Crippen molar-refractivity contribution in [2.45, 2.75) is 50.5 Å². The molecule has 0 radical (unpaired) electrons. The fourth-order valence-corrected chi connectivity index (χ4v) is 4.50. The Morgan fingerprint density at radius 2 is 1.73 bits per heavy atom. The van der Waals surface area contributed by atoms with Gasteiger partial charge in [0.05, 0.1) is 5.69 Å². The Morgan fingerprint density at radius 3 is 2.50 bits per heavy atom. The molecule has 1 aliphatic heterocycles. The summed E-state index contributed by atoms with van der Waals surface area (Å²) in [4.78, 5) is 14.2. The van der Waals surface area contributed by atoms with E-state index in [-0.39, 0.29) is 5.82 Å². The average Bonchev–Trinajstić information content (AvgIpc) is 3.45. The van der Waals surface area contributed by atoms with Gasteiger partial charge in [0.1, 0.15) is 17.5 Å². The van der Waals surface area contributed by atoms with Crippen molar-refractivity contribution in [3.05, 3.63) is 54.2 Å². The molecule has 7 heteroatoms. The highest BCUT2D eigenvalue weighted by atomic mass is 19.1. The molecule has 0 spiro atoms. The molecule has 2 aromatic heterocycles. The molecule has 3 aromatic rings. The van der Waals surface area contributed by atoms with Gasteiger partial charge in [0.25, 0.3) is 0 Å². The predicted octanol–water partition coefficient (Wildman–Crippen LogP) is 4.29. The van der Waals surface area contributed by atoms with E-state index in [0.717, 1.165) is 48.8 Å². The molecule has 1 saturated heterocycles. The van der Waals surface area contributed by atoms with Crippen molar-refractivity contribution < 1.29 is 4.39 Å². The van der Waals surface area contributed by atoms with Crippen LogP contribution in [0.4, 0.5) is 10.3 Å². The average molecular weight is 407 g/mol. The maximum absolute atomic E-state index is 13.5. The second-order valence-corrected chi connectivity index (χ2v) is 8.25. The molecule has 6 nitrogen and oxygen atoms in total. The lowest BCUT2D eigenvalue weighted by atomic mass is 9.95. The zero-order valence-corrected chi connectivity index (χ0v) is 17.0. The lowest BCUT2D eigenvalue weighted by Crippen LogP contribution is -2.26. The van der Waals surface area contributed by atoms with Gasteiger partial charge in [0, 0.05) is 29.9 Å². The number of benzene rings is 1. The second-order valence-electron chi connectivity index (χ2n) is 8.25. The van der Waals surface area contributed by atoms with Crippen molar-refractivity contribution >= 4 is 5.95 Å². The Labute approximate surface area is 176 Å². The van der Waals surface area contributed by atoms with Crippen LogP contribution in [0.5, 0.6) is 0 Å². The van der Waals surface area contributed by atoms with Crippen molar-refractivity contribution in [2.75, 3.05) is 18.4 Å². The number of nitrogens with zero attached hydrogens (tertiary/aromatic N) is 4. The van der Waals surface area contributed by atoms with Crippen LogP contribution in [0.15, 0.2) is 42.7 Å². The highest BCUT2D eigenvalue weighted by molar-refractivity contribution is 5.59. The number of rotatable bonds is 5. The Balaban J connectivity index is 1.52. The summed E-state index contributed by atoms with van der Waals surface area (Å²) < 4.78 is 15.5. The third-order valence-corrected chi connectivity index (χ3v) is 6.16. The molecule has 30 heavy (non-hydrogen) atoms. The number of anilines is 1. The van der Waals surface area contributed by atoms with E-state index in [0.29, 0.717) is 17.9 Å². The molecule has 1 saturated carbocycles. The minimum absolute atomic E-state index is 0.250. The van der Waals surface area contributed by atoms with Crippen LogP contribution >= 0.6 is 0 Å². The van der Waals surface area contributed by atoms with E-state index < -0.39 is 0 Å². The van der Waals surface area contributed by atoms with Crippen LogP contribution in [0.25, 0.3) is 17.2 Å². The highest BCUT2D eigenvalue weighted by Gasteiger charge is 2.22. The predicted molar refractivity (Wildman–Crippen MR) is 115 cm³/mol. The number of aromatic nitrogens is 4. The van der Waals surface area contributed by atoms with Gasteiger partial charge in [0.15, 0.2) is 0 Å². The van der Waals surface area contributed by atoms with Crippen LogP contribution in [0.1, 0.15) is 50.1 Å². The van der Waals surface area contributed by atoms with Gasteiger partial charge in [-0.2, -0.15) is 4.98 Å². The molecule has 0 atom stereocenters. The summed E-state index contributed by atoms with van der Waals surface area (Å²) >= 11 is 0. The Morgan fingerprint density at radius 1 is 0.967 bits per heavy atom. The zero-order chi connectivity index (χ0) is 20.3. The van der Waals surface area contributed by atoms with Gasteiger partial charge in [-0.3, -0.25) is 4.57 Å². The molecule has 0 bridgehead atoms. The SMILES string of the molecule is Fc1ccc(-c2nc(C3CCNCC3)cn2-c2ccnc(NC3CCCC3)n2)cc1. The molecule has 2 aliphatic rings. The fourth-order valence-electron chi connectivity index (χ4n) is 4.50. The van der Waals surface area contributed by atoms with Crippen molar-refractivity contribution in [1.29, 1.82) is 0 Å². The number of hydrogen-bond donors (Lipinski definition) is 2. The molecule has 5 rings (SSSR count). The Kier molecular flexibility index (Phi) is 5.45. The van der Waals surface area contributed by atoms with E-state index in [1.807, 2.05) is 10.6 Å². The molecule has 156 valence electrons. The van der Waals surface area contributed by atoms with E-state index in [4.69, 9.17) is 9.97 Å². The highest BCUT2D eigenvalue weighted by Crippen LogP contribution is 2.30. The van der Waals surface area contributed by atoms with Crippen molar-refractivity contribution in [1.82, 2.24) is 24.8 Å². The summed E-state index contributed by atoms with van der Waals surface area (Å²) in [5.74, 6) is 2.39. The first-order valence-electron chi connectivity index (χ1n) is 10.9. The molecule has 2 N–H and O–H groups in total. The largest absolute Gasteiger partial charge is 0.351 e. The van der Waals surface area contributed by atoms with Crippen molar-refractivity contribution in [3.63, 3.8) is 0 Å². The molecule has 3 heterocycles. The summed E-state index contributed by atoms with van der Waals surface area (Å²) in [6, 6.07) is 8.86. The summed E-state index contributed by atoms with van der Waals surface area (Å²) in [7, 11) is 0. The van der Waals surface area contributed by atoms with Crippen LogP contribution in [0.3, 0.4) is 0 Å². The molecular weight excluding hydrogens is 379 g/mol. The lowest BCUT2D eigenvalue weighted by molar-refractivity contribution is 0.454. The van der Waals surface area contributed by atoms with E-state index >= 15 is 0 Å². The van der Waals surface area contributed by atoms with Gasteiger partial charge < -0.3 is 10.6 Å². The second kappa shape index (κ2) is 8.52. The first kappa shape index (κ1) is 19.2. The zero-order valence-electron chi connectivity index (χ0n) is 17.0. The molecule has 2 fully saturated rings. The van der Waals surface area contributed by atoms with Crippen LogP contribution in [0.2, 0.25) is 0 Å². The Bertz CT molecular complexity index is 987. The molecule has 1 aliphatic carbocycles. The maximum Gasteiger partial charge on any atom is 0.224 e. The number of halogens is 1. The van der Waals surface area contributed by atoms with Crippen LogP contribution in [-0.4, -0.2) is 38.7 Å². The maximum atomic E-state index is 13.5. The minimum atomic E-state index is -0.250. The topological polar surface area (TPSA) is 67.7 Å². The van der Waals surface area contributed by atoms with Crippen molar-refractivity contribution in [2.24, 2.45) is 0 Å². The summed E-state index contributed by atoms with van der Waals surface area (Å²) in [5, 5.41) is 6.89. The minimum Gasteiger partial charge on any atom is -0.351 e. The quantitative estimate of drug-likeness (QED) is 0.662. The third-order valence-electron chi connectivity index (χ3n) is 6.16. The number of piperidine rings is 1. The van der Waals surface area contributed by atoms with Gasteiger partial charge in [0.2, 0.25) is 5.95 Å². The monoisotopic (exact) mass is 406 g/mol. The third kappa shape index (κ3) is 4.07. The first-order chi connectivity index (χ1) is 14.8. The summed E-state index contributed by atoms with van der Waals surface area (Å²) in [6.07, 6.45) is 10.9. The number of imidazole rings is 1. The molecule has 0 amide bonds. The van der Waals surface area contributed by atoms with E-state index in [9.17, 15) is 4.39 Å². The number of hydrogen-bond acceptors (Lipinski definition) is 5. The van der Waals surface area contributed by atoms with Crippen LogP contribution in [-0.2, 0) is 0 Å². The number of nitrogens with one attached hydrogen (secondary N) is 2. The molecule has 1 aromatic carbocycles. The van der Waals surface area contributed by atoms with E-state index in [1.165, 1.54) is 37.8 Å². The standard InChI is InChI=1S/C23H27FN6/c24-18-7-5-17(6-8-18)22-28-20(16-9-12-25-13-10-16)15-30(22)21-11-14-26-23(29-21)27-19-3-1-2-4-19/h5-8,11,14-16,19,25H,1-4,9-10,12-13H2,(H,26,27,29). The lowest BCUT2D eigenvalue weighted by Gasteiger charge is -2.20. The summed E-state index contributed by atoms with van der Waals surface area (Å²) in [5.41, 5.74) is 1.94. The summed E-state index contributed by atoms with van der Waals surface area (Å²) in [6.45, 7) is 2.01. The normalized spacial score (nSPS) is 18.0. The molecular formula is C23H27FN6. The Hall–Kier alpha value is -2.80. The van der Waals surface area contributed by atoms with Gasteiger partial charge in [-0.1, -0.05) is 12.8 Å². The van der Waals surface area contributed by atoms with Gasteiger partial charge in [-0.25, -0.2) is 14.4 Å². The van der Waals surface area contributed by atoms with Crippen LogP contribution < -0.4 is 10.6 Å². The van der Waals surface area contributed by atoms with Crippen molar-refractivity contribution in [3.8, 4) is 17.2 Å².